The topological polar surface area (TPSA) is 64.4 Å². The van der Waals surface area contributed by atoms with Gasteiger partial charge in [0.1, 0.15) is 5.82 Å². The molecule has 1 N–H and O–H groups in total. The molecule has 0 aliphatic rings. The van der Waals surface area contributed by atoms with Crippen LogP contribution < -0.4 is 10.1 Å². The maximum absolute atomic E-state index is 14.2. The van der Waals surface area contributed by atoms with Gasteiger partial charge in [0, 0.05) is 17.5 Å². The fourth-order valence-corrected chi connectivity index (χ4v) is 3.14. The lowest BCUT2D eigenvalue weighted by atomic mass is 10.1. The largest absolute Gasteiger partial charge is 0.446 e. The Morgan fingerprint density at radius 1 is 1.21 bits per heavy atom. The van der Waals surface area contributed by atoms with Gasteiger partial charge in [-0.25, -0.2) is 9.18 Å². The summed E-state index contributed by atoms with van der Waals surface area (Å²) in [4.78, 5) is 12.1. The summed E-state index contributed by atoms with van der Waals surface area (Å²) in [5, 5.41) is 6.10. The minimum atomic E-state index is -4.41. The fourth-order valence-electron chi connectivity index (χ4n) is 2.34. The highest BCUT2D eigenvalue weighted by molar-refractivity contribution is 8.00. The summed E-state index contributed by atoms with van der Waals surface area (Å²) in [6.07, 6.45) is -0.971. The molecule has 29 heavy (non-hydrogen) atoms. The Morgan fingerprint density at radius 2 is 1.90 bits per heavy atom. The SMILES string of the molecule is Cc1onc(-c2c(F)cccc2Cl)c1OC(=O)Nc1ccc(SC(F)(F)F)cc1. The average Bonchev–Trinajstić information content (AvgIpc) is 2.96. The summed E-state index contributed by atoms with van der Waals surface area (Å²) in [7, 11) is 0. The molecular formula is C18H11ClF4N2O3S. The maximum Gasteiger partial charge on any atom is 0.446 e. The van der Waals surface area contributed by atoms with Gasteiger partial charge in [0.05, 0.1) is 10.6 Å². The number of rotatable bonds is 4. The Balaban J connectivity index is 1.76. The van der Waals surface area contributed by atoms with Crippen molar-refractivity contribution in [1.29, 1.82) is 0 Å². The molecule has 0 spiro atoms. The number of alkyl halides is 3. The number of anilines is 1. The zero-order chi connectivity index (χ0) is 21.2. The van der Waals surface area contributed by atoms with Crippen molar-refractivity contribution in [2.75, 3.05) is 5.32 Å². The van der Waals surface area contributed by atoms with Gasteiger partial charge in [-0.3, -0.25) is 5.32 Å². The minimum absolute atomic E-state index is 0.0391. The molecule has 11 heteroatoms. The quantitative estimate of drug-likeness (QED) is 0.358. The first-order valence-corrected chi connectivity index (χ1v) is 9.09. The van der Waals surface area contributed by atoms with Crippen LogP contribution in [0.3, 0.4) is 0 Å². The third-order valence-corrected chi connectivity index (χ3v) is 4.59. The van der Waals surface area contributed by atoms with Crippen molar-refractivity contribution in [3.63, 3.8) is 0 Å². The summed E-state index contributed by atoms with van der Waals surface area (Å²) in [6, 6.07) is 8.97. The molecule has 0 unspecified atom stereocenters. The number of halogens is 5. The molecule has 0 fully saturated rings. The van der Waals surface area contributed by atoms with E-state index < -0.39 is 17.4 Å². The molecule has 0 bridgehead atoms. The molecule has 3 rings (SSSR count). The third-order valence-electron chi connectivity index (χ3n) is 3.54. The van der Waals surface area contributed by atoms with E-state index in [0.717, 1.165) is 6.07 Å². The molecule has 0 radical (unpaired) electrons. The second kappa shape index (κ2) is 8.34. The predicted molar refractivity (Wildman–Crippen MR) is 99.6 cm³/mol. The molecule has 0 saturated carbocycles. The second-order valence-electron chi connectivity index (χ2n) is 5.60. The first-order valence-electron chi connectivity index (χ1n) is 7.89. The zero-order valence-electron chi connectivity index (χ0n) is 14.5. The predicted octanol–water partition coefficient (Wildman–Crippen LogP) is 6.67. The number of thioether (sulfide) groups is 1. The van der Waals surface area contributed by atoms with Gasteiger partial charge < -0.3 is 9.26 Å². The highest BCUT2D eigenvalue weighted by atomic mass is 35.5. The molecule has 1 heterocycles. The van der Waals surface area contributed by atoms with E-state index >= 15 is 0 Å². The van der Waals surface area contributed by atoms with E-state index in [1.807, 2.05) is 0 Å². The smallest absolute Gasteiger partial charge is 0.404 e. The summed E-state index contributed by atoms with van der Waals surface area (Å²) in [6.45, 7) is 1.46. The molecule has 5 nitrogen and oxygen atoms in total. The number of aromatic nitrogens is 1. The number of aryl methyl sites for hydroxylation is 1. The fraction of sp³-hybridized carbons (Fsp3) is 0.111. The standard InChI is InChI=1S/C18H11ClF4N2O3S/c1-9-16(15(25-28-9)14-12(19)3-2-4-13(14)20)27-17(26)24-10-5-7-11(8-6-10)29-18(21,22)23/h2-8H,1H3,(H,24,26). The summed E-state index contributed by atoms with van der Waals surface area (Å²) in [5.74, 6) is -0.723. The Kier molecular flexibility index (Phi) is 6.04. The normalized spacial score (nSPS) is 11.4. The molecule has 1 aromatic heterocycles. The van der Waals surface area contributed by atoms with Gasteiger partial charge in [-0.05, 0) is 48.2 Å². The summed E-state index contributed by atoms with van der Waals surface area (Å²) >= 11 is 5.74. The summed E-state index contributed by atoms with van der Waals surface area (Å²) < 4.78 is 61.4. The molecule has 3 aromatic rings. The first kappa shape index (κ1) is 21.0. The molecule has 0 aliphatic heterocycles. The highest BCUT2D eigenvalue weighted by Crippen LogP contribution is 2.39. The molecular weight excluding hydrogens is 436 g/mol. The van der Waals surface area contributed by atoms with Crippen molar-refractivity contribution in [3.8, 4) is 17.0 Å². The minimum Gasteiger partial charge on any atom is -0.404 e. The van der Waals surface area contributed by atoms with Crippen molar-refractivity contribution in [3.05, 3.63) is 59.1 Å². The van der Waals surface area contributed by atoms with Crippen molar-refractivity contribution in [2.45, 2.75) is 17.3 Å². The lowest BCUT2D eigenvalue weighted by Crippen LogP contribution is -2.17. The number of carbonyl (C=O) groups is 1. The Morgan fingerprint density at radius 3 is 2.52 bits per heavy atom. The maximum atomic E-state index is 14.2. The van der Waals surface area contributed by atoms with Crippen molar-refractivity contribution < 1.29 is 31.6 Å². The van der Waals surface area contributed by atoms with Crippen LogP contribution in [0.4, 0.5) is 28.0 Å². The Labute approximate surface area is 171 Å². The first-order chi connectivity index (χ1) is 13.6. The number of hydrogen-bond donors (Lipinski definition) is 1. The highest BCUT2D eigenvalue weighted by Gasteiger charge is 2.29. The number of benzene rings is 2. The van der Waals surface area contributed by atoms with E-state index in [1.54, 1.807) is 0 Å². The number of amides is 1. The van der Waals surface area contributed by atoms with E-state index in [9.17, 15) is 22.4 Å². The molecule has 0 aliphatic carbocycles. The third kappa shape index (κ3) is 5.21. The zero-order valence-corrected chi connectivity index (χ0v) is 16.1. The second-order valence-corrected chi connectivity index (χ2v) is 7.15. The Hall–Kier alpha value is -2.72. The number of nitrogens with zero attached hydrogens (tertiary/aromatic N) is 1. The van der Waals surface area contributed by atoms with E-state index in [4.69, 9.17) is 20.9 Å². The van der Waals surface area contributed by atoms with Crippen molar-refractivity contribution in [2.24, 2.45) is 0 Å². The molecule has 0 atom stereocenters. The van der Waals surface area contributed by atoms with E-state index in [-0.39, 0.29) is 50.1 Å². The van der Waals surface area contributed by atoms with Crippen LogP contribution in [-0.4, -0.2) is 16.8 Å². The van der Waals surface area contributed by atoms with Crippen LogP contribution in [0.5, 0.6) is 5.75 Å². The van der Waals surface area contributed by atoms with Crippen molar-refractivity contribution >= 4 is 35.1 Å². The van der Waals surface area contributed by atoms with Crippen LogP contribution >= 0.6 is 23.4 Å². The van der Waals surface area contributed by atoms with E-state index in [1.165, 1.54) is 43.3 Å². The van der Waals surface area contributed by atoms with Crippen LogP contribution in [0.25, 0.3) is 11.3 Å². The lowest BCUT2D eigenvalue weighted by molar-refractivity contribution is -0.0328. The van der Waals surface area contributed by atoms with E-state index in [2.05, 4.69) is 10.5 Å². The van der Waals surface area contributed by atoms with Gasteiger partial charge in [-0.15, -0.1) is 0 Å². The monoisotopic (exact) mass is 446 g/mol. The van der Waals surface area contributed by atoms with Crippen LogP contribution in [0.2, 0.25) is 5.02 Å². The van der Waals surface area contributed by atoms with Gasteiger partial charge >= 0.3 is 11.6 Å². The van der Waals surface area contributed by atoms with Gasteiger partial charge in [-0.1, -0.05) is 22.8 Å². The molecule has 2 aromatic carbocycles. The Bertz CT molecular complexity index is 1020. The summed E-state index contributed by atoms with van der Waals surface area (Å²) in [5.41, 5.74) is -4.41. The number of nitrogens with one attached hydrogen (secondary N) is 1. The molecule has 1 amide bonds. The average molecular weight is 447 g/mol. The van der Waals surface area contributed by atoms with Gasteiger partial charge in [0.25, 0.3) is 0 Å². The van der Waals surface area contributed by atoms with Crippen LogP contribution in [0.15, 0.2) is 51.9 Å². The van der Waals surface area contributed by atoms with Crippen LogP contribution in [-0.2, 0) is 0 Å². The van der Waals surface area contributed by atoms with Gasteiger partial charge in [0.15, 0.2) is 11.5 Å². The van der Waals surface area contributed by atoms with Crippen molar-refractivity contribution in [1.82, 2.24) is 5.16 Å². The number of hydrogen-bond acceptors (Lipinski definition) is 5. The lowest BCUT2D eigenvalue weighted by Gasteiger charge is -2.09. The van der Waals surface area contributed by atoms with Crippen LogP contribution in [0, 0.1) is 12.7 Å². The van der Waals surface area contributed by atoms with Crippen LogP contribution in [0.1, 0.15) is 5.76 Å². The molecule has 152 valence electrons. The van der Waals surface area contributed by atoms with E-state index in [0.29, 0.717) is 0 Å². The number of ether oxygens (including phenoxy) is 1. The number of carbonyl (C=O) groups excluding carboxylic acids is 1. The van der Waals surface area contributed by atoms with Gasteiger partial charge in [-0.2, -0.15) is 13.2 Å². The van der Waals surface area contributed by atoms with Gasteiger partial charge in [0.2, 0.25) is 5.75 Å². The molecule has 0 saturated heterocycles.